The van der Waals surface area contributed by atoms with Gasteiger partial charge in [0.25, 0.3) is 0 Å². The molecule has 4 nitrogen and oxygen atoms in total. The number of hydrogen-bond donors (Lipinski definition) is 2. The van der Waals surface area contributed by atoms with Gasteiger partial charge in [0.1, 0.15) is 0 Å². The van der Waals surface area contributed by atoms with Gasteiger partial charge in [-0.05, 0) is 19.8 Å². The lowest BCUT2D eigenvalue weighted by atomic mass is 10.0. The van der Waals surface area contributed by atoms with Crippen LogP contribution in [0.15, 0.2) is 12.7 Å². The lowest BCUT2D eigenvalue weighted by Crippen LogP contribution is -2.27. The van der Waals surface area contributed by atoms with Crippen molar-refractivity contribution in [1.82, 2.24) is 0 Å². The maximum Gasteiger partial charge on any atom is 0.165 e. The summed E-state index contributed by atoms with van der Waals surface area (Å²) in [7, 11) is 0. The lowest BCUT2D eigenvalue weighted by Gasteiger charge is -2.23. The predicted octanol–water partition coefficient (Wildman–Crippen LogP) is 0.827. The topological polar surface area (TPSA) is 58.9 Å². The minimum absolute atomic E-state index is 0.501. The molecule has 2 N–H and O–H groups in total. The summed E-state index contributed by atoms with van der Waals surface area (Å²) in [6.45, 7) is 6.59. The molecule has 4 heteroatoms. The standard InChI is InChI=1S/C11H20O4/c1-3-9(12)10(13)5-4-6-11(2)14-7-8-15-11/h3,9-10,12-13H,1,4-8H2,2H3. The molecule has 0 aliphatic carbocycles. The second kappa shape index (κ2) is 5.61. The fourth-order valence-electron chi connectivity index (χ4n) is 1.66. The van der Waals surface area contributed by atoms with E-state index in [1.54, 1.807) is 0 Å². The first-order valence-electron chi connectivity index (χ1n) is 5.34. The van der Waals surface area contributed by atoms with Crippen LogP contribution in [-0.2, 0) is 9.47 Å². The first kappa shape index (κ1) is 12.6. The van der Waals surface area contributed by atoms with Crippen LogP contribution >= 0.6 is 0 Å². The fourth-order valence-corrected chi connectivity index (χ4v) is 1.66. The SMILES string of the molecule is C=CC(O)C(O)CCCC1(C)OCCO1. The van der Waals surface area contributed by atoms with Gasteiger partial charge in [-0.1, -0.05) is 6.08 Å². The van der Waals surface area contributed by atoms with Gasteiger partial charge >= 0.3 is 0 Å². The Morgan fingerprint density at radius 3 is 2.53 bits per heavy atom. The summed E-state index contributed by atoms with van der Waals surface area (Å²) in [5, 5.41) is 18.7. The smallest absolute Gasteiger partial charge is 0.165 e. The molecule has 88 valence electrons. The molecule has 0 radical (unpaired) electrons. The zero-order valence-electron chi connectivity index (χ0n) is 9.19. The summed E-state index contributed by atoms with van der Waals surface area (Å²) in [5.74, 6) is -0.501. The van der Waals surface area contributed by atoms with E-state index in [4.69, 9.17) is 9.47 Å². The third-order valence-corrected chi connectivity index (χ3v) is 2.66. The van der Waals surface area contributed by atoms with Crippen LogP contribution in [0.2, 0.25) is 0 Å². The van der Waals surface area contributed by atoms with Gasteiger partial charge in [0.05, 0.1) is 25.4 Å². The molecular formula is C11H20O4. The lowest BCUT2D eigenvalue weighted by molar-refractivity contribution is -0.148. The van der Waals surface area contributed by atoms with E-state index in [0.717, 1.165) is 12.8 Å². The molecule has 2 atom stereocenters. The molecule has 0 aromatic heterocycles. The van der Waals surface area contributed by atoms with E-state index in [1.165, 1.54) is 6.08 Å². The van der Waals surface area contributed by atoms with Gasteiger partial charge in [-0.3, -0.25) is 0 Å². The van der Waals surface area contributed by atoms with E-state index >= 15 is 0 Å². The quantitative estimate of drug-likeness (QED) is 0.646. The summed E-state index contributed by atoms with van der Waals surface area (Å²) in [6.07, 6.45) is 1.76. The highest BCUT2D eigenvalue weighted by atomic mass is 16.7. The Balaban J connectivity index is 2.17. The molecular weight excluding hydrogens is 196 g/mol. The van der Waals surface area contributed by atoms with Crippen molar-refractivity contribution in [2.24, 2.45) is 0 Å². The molecule has 15 heavy (non-hydrogen) atoms. The first-order chi connectivity index (χ1) is 7.07. The Kier molecular flexibility index (Phi) is 4.73. The molecule has 0 spiro atoms. The van der Waals surface area contributed by atoms with Crippen molar-refractivity contribution in [2.75, 3.05) is 13.2 Å². The van der Waals surface area contributed by atoms with E-state index in [0.29, 0.717) is 19.6 Å². The normalized spacial score (nSPS) is 23.7. The summed E-state index contributed by atoms with van der Waals surface area (Å²) < 4.78 is 10.8. The van der Waals surface area contributed by atoms with Crippen molar-refractivity contribution in [3.8, 4) is 0 Å². The van der Waals surface area contributed by atoms with Gasteiger partial charge in [0.2, 0.25) is 0 Å². The maximum atomic E-state index is 9.47. The Bertz CT molecular complexity index is 199. The molecule has 1 aliphatic heterocycles. The molecule has 0 bridgehead atoms. The summed E-state index contributed by atoms with van der Waals surface area (Å²) in [5.41, 5.74) is 0. The zero-order chi connectivity index (χ0) is 11.3. The molecule has 0 saturated carbocycles. The number of aliphatic hydroxyl groups is 2. The molecule has 2 unspecified atom stereocenters. The highest BCUT2D eigenvalue weighted by Crippen LogP contribution is 2.25. The Labute approximate surface area is 90.5 Å². The van der Waals surface area contributed by atoms with E-state index in [2.05, 4.69) is 6.58 Å². The number of rotatable bonds is 6. The van der Waals surface area contributed by atoms with Crippen molar-refractivity contribution in [2.45, 2.75) is 44.2 Å². The van der Waals surface area contributed by atoms with E-state index in [1.807, 2.05) is 6.92 Å². The van der Waals surface area contributed by atoms with Crippen molar-refractivity contribution >= 4 is 0 Å². The van der Waals surface area contributed by atoms with Gasteiger partial charge in [-0.25, -0.2) is 0 Å². The molecule has 1 rings (SSSR count). The van der Waals surface area contributed by atoms with Gasteiger partial charge in [-0.2, -0.15) is 0 Å². The first-order valence-corrected chi connectivity index (χ1v) is 5.34. The van der Waals surface area contributed by atoms with Crippen molar-refractivity contribution in [3.63, 3.8) is 0 Å². The molecule has 0 aromatic rings. The van der Waals surface area contributed by atoms with Crippen molar-refractivity contribution in [3.05, 3.63) is 12.7 Å². The highest BCUT2D eigenvalue weighted by molar-refractivity contribution is 4.84. The predicted molar refractivity (Wildman–Crippen MR) is 56.4 cm³/mol. The van der Waals surface area contributed by atoms with Gasteiger partial charge in [0.15, 0.2) is 5.79 Å². The average molecular weight is 216 g/mol. The van der Waals surface area contributed by atoms with E-state index in [-0.39, 0.29) is 0 Å². The van der Waals surface area contributed by atoms with Crippen molar-refractivity contribution in [1.29, 1.82) is 0 Å². The van der Waals surface area contributed by atoms with Crippen molar-refractivity contribution < 1.29 is 19.7 Å². The Morgan fingerprint density at radius 2 is 2.00 bits per heavy atom. The summed E-state index contributed by atoms with van der Waals surface area (Å²) in [4.78, 5) is 0. The van der Waals surface area contributed by atoms with Gasteiger partial charge in [0, 0.05) is 6.42 Å². The second-order valence-corrected chi connectivity index (χ2v) is 4.02. The minimum Gasteiger partial charge on any atom is -0.390 e. The maximum absolute atomic E-state index is 9.47. The zero-order valence-corrected chi connectivity index (χ0v) is 9.19. The molecule has 1 saturated heterocycles. The third kappa shape index (κ3) is 3.91. The van der Waals surface area contributed by atoms with Crippen LogP contribution in [0.1, 0.15) is 26.2 Å². The van der Waals surface area contributed by atoms with Crippen LogP contribution in [-0.4, -0.2) is 41.4 Å². The van der Waals surface area contributed by atoms with E-state index < -0.39 is 18.0 Å². The van der Waals surface area contributed by atoms with Gasteiger partial charge < -0.3 is 19.7 Å². The monoisotopic (exact) mass is 216 g/mol. The second-order valence-electron chi connectivity index (χ2n) is 4.02. The molecule has 1 fully saturated rings. The summed E-state index contributed by atoms with van der Waals surface area (Å²) >= 11 is 0. The Morgan fingerprint density at radius 1 is 1.40 bits per heavy atom. The highest BCUT2D eigenvalue weighted by Gasteiger charge is 2.30. The van der Waals surface area contributed by atoms with Crippen LogP contribution in [0.5, 0.6) is 0 Å². The van der Waals surface area contributed by atoms with Gasteiger partial charge in [-0.15, -0.1) is 6.58 Å². The van der Waals surface area contributed by atoms with Crippen LogP contribution in [0, 0.1) is 0 Å². The molecule has 0 amide bonds. The molecule has 0 aromatic carbocycles. The number of hydrogen-bond acceptors (Lipinski definition) is 4. The molecule has 1 heterocycles. The fraction of sp³-hybridized carbons (Fsp3) is 0.818. The van der Waals surface area contributed by atoms with Crippen LogP contribution in [0.25, 0.3) is 0 Å². The van der Waals surface area contributed by atoms with Crippen LogP contribution in [0.3, 0.4) is 0 Å². The van der Waals surface area contributed by atoms with E-state index in [9.17, 15) is 10.2 Å². The summed E-state index contributed by atoms with van der Waals surface area (Å²) in [6, 6.07) is 0. The number of ether oxygens (including phenoxy) is 2. The van der Waals surface area contributed by atoms with Crippen LogP contribution < -0.4 is 0 Å². The third-order valence-electron chi connectivity index (χ3n) is 2.66. The Hall–Kier alpha value is -0.420. The average Bonchev–Trinajstić information content (AvgIpc) is 2.64. The minimum atomic E-state index is -0.844. The largest absolute Gasteiger partial charge is 0.390 e. The molecule has 1 aliphatic rings. The number of aliphatic hydroxyl groups excluding tert-OH is 2. The van der Waals surface area contributed by atoms with Crippen LogP contribution in [0.4, 0.5) is 0 Å².